The first-order valence-corrected chi connectivity index (χ1v) is 6.55. The van der Waals surface area contributed by atoms with Crippen molar-refractivity contribution in [2.24, 2.45) is 0 Å². The number of carbonyl (C=O) groups excluding carboxylic acids is 1. The van der Waals surface area contributed by atoms with Gasteiger partial charge in [0.05, 0.1) is 16.8 Å². The Bertz CT molecular complexity index is 405. The molecule has 0 bridgehead atoms. The van der Waals surface area contributed by atoms with E-state index in [4.69, 9.17) is 4.42 Å². The summed E-state index contributed by atoms with van der Waals surface area (Å²) in [6.07, 6.45) is 2.63. The Labute approximate surface area is 110 Å². The molecular formula is C12H17BrN2O2. The van der Waals surface area contributed by atoms with Gasteiger partial charge < -0.3 is 9.32 Å². The fraction of sp³-hybridized carbons (Fsp3) is 0.583. The van der Waals surface area contributed by atoms with Gasteiger partial charge in [-0.15, -0.1) is 0 Å². The minimum Gasteiger partial charge on any atom is -0.460 e. The molecule has 5 heteroatoms. The van der Waals surface area contributed by atoms with E-state index in [1.807, 2.05) is 7.05 Å². The van der Waals surface area contributed by atoms with Gasteiger partial charge in [0.25, 0.3) is 0 Å². The highest BCUT2D eigenvalue weighted by Crippen LogP contribution is 2.21. The van der Waals surface area contributed by atoms with Crippen LogP contribution < -0.4 is 0 Å². The molecule has 1 aliphatic heterocycles. The molecule has 1 aromatic rings. The third kappa shape index (κ3) is 2.78. The third-order valence-corrected chi connectivity index (χ3v) is 3.84. The minimum atomic E-state index is -0.120. The molecule has 1 unspecified atom stereocenters. The van der Waals surface area contributed by atoms with Crippen LogP contribution in [0.3, 0.4) is 0 Å². The number of halogens is 1. The maximum absolute atomic E-state index is 12.4. The highest BCUT2D eigenvalue weighted by atomic mass is 79.9. The maximum atomic E-state index is 12.4. The number of hydrogen-bond donors (Lipinski definition) is 0. The molecule has 0 aromatic carbocycles. The zero-order valence-corrected chi connectivity index (χ0v) is 11.7. The van der Waals surface area contributed by atoms with Crippen molar-refractivity contribution in [3.8, 4) is 0 Å². The third-order valence-electron chi connectivity index (χ3n) is 3.21. The van der Waals surface area contributed by atoms with Crippen LogP contribution in [0.1, 0.15) is 17.0 Å². The van der Waals surface area contributed by atoms with Crippen LogP contribution in [0.5, 0.6) is 0 Å². The fourth-order valence-electron chi connectivity index (χ4n) is 2.18. The molecule has 4 nitrogen and oxygen atoms in total. The summed E-state index contributed by atoms with van der Waals surface area (Å²) in [5, 5.41) is 0. The molecule has 0 spiro atoms. The summed E-state index contributed by atoms with van der Waals surface area (Å²) >= 11 is 3.34. The molecule has 2 rings (SSSR count). The highest BCUT2D eigenvalue weighted by molar-refractivity contribution is 9.10. The first kappa shape index (κ1) is 12.8. The van der Waals surface area contributed by atoms with Crippen molar-refractivity contribution in [3.05, 3.63) is 22.6 Å². The number of nitrogens with zero attached hydrogens (tertiary/aromatic N) is 2. The molecule has 94 valence electrons. The van der Waals surface area contributed by atoms with Gasteiger partial charge in [0, 0.05) is 6.54 Å². The molecule has 0 saturated carbocycles. The van der Waals surface area contributed by atoms with Crippen LogP contribution in [0.4, 0.5) is 0 Å². The first-order chi connectivity index (χ1) is 8.09. The second-order valence-electron chi connectivity index (χ2n) is 4.57. The van der Waals surface area contributed by atoms with Crippen molar-refractivity contribution < 1.29 is 9.21 Å². The Morgan fingerprint density at radius 3 is 2.88 bits per heavy atom. The molecule has 1 saturated heterocycles. The van der Waals surface area contributed by atoms with Gasteiger partial charge in [-0.2, -0.15) is 0 Å². The van der Waals surface area contributed by atoms with Crippen molar-refractivity contribution in [1.29, 1.82) is 0 Å². The molecule has 1 atom stereocenters. The lowest BCUT2D eigenvalue weighted by Gasteiger charge is -2.25. The molecular weight excluding hydrogens is 284 g/mol. The van der Waals surface area contributed by atoms with E-state index >= 15 is 0 Å². The number of hydrogen-bond acceptors (Lipinski definition) is 4. The normalized spacial score (nSPS) is 23.6. The molecule has 1 fully saturated rings. The number of carbonyl (C=O) groups is 1. The van der Waals surface area contributed by atoms with Crippen LogP contribution in [0.25, 0.3) is 0 Å². The van der Waals surface area contributed by atoms with Crippen LogP contribution >= 0.6 is 15.9 Å². The molecule has 1 aliphatic rings. The van der Waals surface area contributed by atoms with E-state index in [9.17, 15) is 4.79 Å². The van der Waals surface area contributed by atoms with Crippen LogP contribution in [-0.4, -0.2) is 55.4 Å². The summed E-state index contributed by atoms with van der Waals surface area (Å²) in [4.78, 5) is 16.7. The predicted molar refractivity (Wildman–Crippen MR) is 69.3 cm³/mol. The summed E-state index contributed by atoms with van der Waals surface area (Å²) in [5.41, 5.74) is 0. The Kier molecular flexibility index (Phi) is 4.01. The van der Waals surface area contributed by atoms with Crippen molar-refractivity contribution in [2.45, 2.75) is 12.5 Å². The lowest BCUT2D eigenvalue weighted by atomic mass is 10.1. The van der Waals surface area contributed by atoms with Gasteiger partial charge in [-0.1, -0.05) is 0 Å². The topological polar surface area (TPSA) is 36.7 Å². The molecule has 0 N–H and O–H groups in total. The Morgan fingerprint density at radius 1 is 1.47 bits per heavy atom. The molecule has 0 radical (unpaired) electrons. The van der Waals surface area contributed by atoms with Gasteiger partial charge >= 0.3 is 0 Å². The van der Waals surface area contributed by atoms with E-state index in [2.05, 4.69) is 32.8 Å². The van der Waals surface area contributed by atoms with E-state index in [0.29, 0.717) is 5.76 Å². The Balaban J connectivity index is 2.19. The average molecular weight is 301 g/mol. The van der Waals surface area contributed by atoms with Crippen molar-refractivity contribution in [1.82, 2.24) is 9.80 Å². The van der Waals surface area contributed by atoms with E-state index < -0.39 is 0 Å². The van der Waals surface area contributed by atoms with Gasteiger partial charge in [-0.3, -0.25) is 9.69 Å². The monoisotopic (exact) mass is 300 g/mol. The zero-order chi connectivity index (χ0) is 12.4. The lowest BCUT2D eigenvalue weighted by molar-refractivity contribution is 0.0809. The maximum Gasteiger partial charge on any atom is 0.217 e. The van der Waals surface area contributed by atoms with E-state index in [0.717, 1.165) is 30.5 Å². The van der Waals surface area contributed by atoms with Gasteiger partial charge in [0.2, 0.25) is 5.78 Å². The number of rotatable bonds is 2. The van der Waals surface area contributed by atoms with Crippen LogP contribution in [0.2, 0.25) is 0 Å². The molecule has 17 heavy (non-hydrogen) atoms. The van der Waals surface area contributed by atoms with Crippen LogP contribution in [0.15, 0.2) is 21.2 Å². The summed E-state index contributed by atoms with van der Waals surface area (Å²) < 4.78 is 6.00. The largest absolute Gasteiger partial charge is 0.460 e. The predicted octanol–water partition coefficient (Wildman–Crippen LogP) is 1.86. The van der Waals surface area contributed by atoms with Gasteiger partial charge in [-0.25, -0.2) is 0 Å². The molecule has 2 heterocycles. The molecule has 0 amide bonds. The van der Waals surface area contributed by atoms with E-state index in [1.165, 1.54) is 6.26 Å². The molecule has 0 aliphatic carbocycles. The second kappa shape index (κ2) is 5.33. The SMILES string of the molecule is CN1CCCN(C)C(C(=O)c2occc2Br)C1. The number of furan rings is 1. The summed E-state index contributed by atoms with van der Waals surface area (Å²) in [7, 11) is 4.05. The quantitative estimate of drug-likeness (QED) is 0.781. The minimum absolute atomic E-state index is 0.0538. The van der Waals surface area contributed by atoms with Crippen LogP contribution in [0, 0.1) is 0 Å². The van der Waals surface area contributed by atoms with Gasteiger partial charge in [0.1, 0.15) is 0 Å². The average Bonchev–Trinajstić information content (AvgIpc) is 2.63. The smallest absolute Gasteiger partial charge is 0.217 e. The number of Topliss-reactive ketones (excluding diaryl/α,β-unsaturated/α-hetero) is 1. The standard InChI is InChI=1S/C12H17BrN2O2/c1-14-5-3-6-15(2)10(8-14)11(16)12-9(13)4-7-17-12/h4,7,10H,3,5-6,8H2,1-2H3. The van der Waals surface area contributed by atoms with Crippen molar-refractivity contribution in [3.63, 3.8) is 0 Å². The number of likely N-dealkylation sites (N-methyl/N-ethyl adjacent to an activating group) is 2. The van der Waals surface area contributed by atoms with Crippen molar-refractivity contribution in [2.75, 3.05) is 33.7 Å². The summed E-state index contributed by atoms with van der Waals surface area (Å²) in [6.45, 7) is 2.73. The Morgan fingerprint density at radius 2 is 2.24 bits per heavy atom. The zero-order valence-electron chi connectivity index (χ0n) is 10.1. The van der Waals surface area contributed by atoms with E-state index in [-0.39, 0.29) is 11.8 Å². The van der Waals surface area contributed by atoms with Crippen LogP contribution in [-0.2, 0) is 0 Å². The van der Waals surface area contributed by atoms with E-state index in [1.54, 1.807) is 6.07 Å². The lowest BCUT2D eigenvalue weighted by Crippen LogP contribution is -2.43. The second-order valence-corrected chi connectivity index (χ2v) is 5.43. The number of ketones is 1. The van der Waals surface area contributed by atoms with Crippen molar-refractivity contribution >= 4 is 21.7 Å². The molecule has 1 aromatic heterocycles. The highest BCUT2D eigenvalue weighted by Gasteiger charge is 2.30. The summed E-state index contributed by atoms with van der Waals surface area (Å²) in [6, 6.07) is 1.64. The summed E-state index contributed by atoms with van der Waals surface area (Å²) in [5.74, 6) is 0.482. The fourth-order valence-corrected chi connectivity index (χ4v) is 2.57. The van der Waals surface area contributed by atoms with Gasteiger partial charge in [-0.05, 0) is 55.6 Å². The van der Waals surface area contributed by atoms with Gasteiger partial charge in [0.15, 0.2) is 5.76 Å². The Hall–Kier alpha value is -0.650. The first-order valence-electron chi connectivity index (χ1n) is 5.75.